The average molecular weight is 472 g/mol. The lowest BCUT2D eigenvalue weighted by Crippen LogP contribution is -2.22. The van der Waals surface area contributed by atoms with Gasteiger partial charge in [0.05, 0.1) is 4.92 Å². The molecule has 3 aromatic rings. The molecule has 1 aliphatic heterocycles. The number of benzene rings is 2. The number of nitrogens with zero attached hydrogens (tertiary/aromatic N) is 3. The van der Waals surface area contributed by atoms with Crippen LogP contribution in [0.15, 0.2) is 104 Å². The summed E-state index contributed by atoms with van der Waals surface area (Å²) in [5.74, 6) is -0.405. The van der Waals surface area contributed by atoms with Crippen molar-refractivity contribution in [2.24, 2.45) is 0 Å². The lowest BCUT2D eigenvalue weighted by molar-refractivity contribution is -0.505. The molecule has 0 radical (unpaired) electrons. The van der Waals surface area contributed by atoms with Gasteiger partial charge in [-0.25, -0.2) is 0 Å². The summed E-state index contributed by atoms with van der Waals surface area (Å²) in [6, 6.07) is 15.9. The van der Waals surface area contributed by atoms with Gasteiger partial charge in [-0.3, -0.25) is 14.9 Å². The maximum absolute atomic E-state index is 12.4. The third-order valence-corrected chi connectivity index (χ3v) is 5.31. The smallest absolute Gasteiger partial charge is 0.269 e. The first-order chi connectivity index (χ1) is 16.4. The Morgan fingerprint density at radius 3 is 2.09 bits per heavy atom. The highest BCUT2D eigenvalue weighted by Gasteiger charge is 2.10. The zero-order chi connectivity index (χ0) is 24.1. The fourth-order valence-electron chi connectivity index (χ4n) is 3.21. The number of aromatic nitrogens is 1. The Morgan fingerprint density at radius 2 is 1.50 bits per heavy atom. The van der Waals surface area contributed by atoms with Gasteiger partial charge in [0.1, 0.15) is 0 Å². The maximum Gasteiger partial charge on any atom is 0.269 e. The highest BCUT2D eigenvalue weighted by atomic mass is 35.5. The topological polar surface area (TPSA) is 92.4 Å². The summed E-state index contributed by atoms with van der Waals surface area (Å²) in [7, 11) is 0. The molecule has 0 N–H and O–H groups in total. The minimum atomic E-state index is -0.508. The molecule has 34 heavy (non-hydrogen) atoms. The number of rotatable bonds is 5. The quantitative estimate of drug-likeness (QED) is 0.187. The highest BCUT2D eigenvalue weighted by molar-refractivity contribution is 6.30. The number of carbonyl (C=O) groups excluding carboxylic acids is 1. The van der Waals surface area contributed by atoms with Gasteiger partial charge >= 0.3 is 0 Å². The van der Waals surface area contributed by atoms with Gasteiger partial charge in [-0.05, 0) is 52.8 Å². The fourth-order valence-corrected chi connectivity index (χ4v) is 3.34. The number of allylic oxidation sites excluding steroid dienone is 2. The van der Waals surface area contributed by atoms with E-state index in [1.807, 2.05) is 24.3 Å². The molecule has 0 atom stereocenters. The van der Waals surface area contributed by atoms with Crippen LogP contribution in [-0.2, 0) is 0 Å². The molecule has 0 saturated heterocycles. The van der Waals surface area contributed by atoms with Crippen LogP contribution in [-0.4, -0.2) is 15.6 Å². The number of hydrogen-bond acceptors (Lipinski definition) is 5. The van der Waals surface area contributed by atoms with Gasteiger partial charge in [0.2, 0.25) is 12.0 Å². The number of ketones is 1. The molecule has 4 rings (SSSR count). The number of non-ortho nitro benzene ring substituents is 1. The van der Waals surface area contributed by atoms with E-state index in [0.717, 1.165) is 10.8 Å². The first-order valence-corrected chi connectivity index (χ1v) is 10.6. The van der Waals surface area contributed by atoms with Gasteiger partial charge in [0.25, 0.3) is 5.69 Å². The summed E-state index contributed by atoms with van der Waals surface area (Å²) in [4.78, 5) is 24.3. The first-order valence-electron chi connectivity index (χ1n) is 10.2. The van der Waals surface area contributed by atoms with E-state index in [0.29, 0.717) is 16.1 Å². The third kappa shape index (κ3) is 5.46. The molecule has 2 heterocycles. The van der Waals surface area contributed by atoms with Gasteiger partial charge in [-0.2, -0.15) is 4.24 Å². The second-order valence-corrected chi connectivity index (χ2v) is 7.80. The van der Waals surface area contributed by atoms with E-state index in [9.17, 15) is 20.0 Å². The normalized spacial score (nSPS) is 13.1. The third-order valence-electron chi connectivity index (χ3n) is 5.06. The van der Waals surface area contributed by atoms with E-state index >= 15 is 0 Å². The van der Waals surface area contributed by atoms with Crippen LogP contribution >= 0.6 is 11.6 Å². The minimum absolute atomic E-state index is 0.0651. The summed E-state index contributed by atoms with van der Waals surface area (Å²) in [6.45, 7) is 0. The molecule has 1 aliphatic rings. The Morgan fingerprint density at radius 1 is 0.912 bits per heavy atom. The van der Waals surface area contributed by atoms with Gasteiger partial charge in [0.15, 0.2) is 12.4 Å². The van der Waals surface area contributed by atoms with Crippen molar-refractivity contribution in [3.05, 3.63) is 142 Å². The summed E-state index contributed by atoms with van der Waals surface area (Å²) < 4.78 is 1.62. The summed E-state index contributed by atoms with van der Waals surface area (Å²) in [5.41, 5.74) is 1.79. The van der Waals surface area contributed by atoms with Crippen LogP contribution in [0.2, 0.25) is 5.02 Å². The number of halogens is 1. The lowest BCUT2D eigenvalue weighted by atomic mass is 10.1. The molecule has 0 spiro atoms. The largest absolute Gasteiger partial charge is 0.871 e. The van der Waals surface area contributed by atoms with Crippen molar-refractivity contribution >= 4 is 34.4 Å². The number of hydrogen-bond donors (Lipinski definition) is 0. The van der Waals surface area contributed by atoms with Gasteiger partial charge in [0, 0.05) is 53.5 Å². The zero-order valence-electron chi connectivity index (χ0n) is 17.7. The molecule has 0 aliphatic carbocycles. The van der Waals surface area contributed by atoms with Crippen molar-refractivity contribution in [3.63, 3.8) is 0 Å². The Balaban J connectivity index is 1.48. The van der Waals surface area contributed by atoms with Gasteiger partial charge < -0.3 is 10.0 Å². The SMILES string of the molecule is O=C(C=[n+]1ccc(=C2C=CN(/C=C(/[O-])c3ccc(Cl)cc3)C=C2)cc1)c1ccc([N+](=O)[O-])cc1. The van der Waals surface area contributed by atoms with Crippen LogP contribution in [0.3, 0.4) is 0 Å². The number of nitro groups is 1. The van der Waals surface area contributed by atoms with E-state index in [-0.39, 0.29) is 17.2 Å². The van der Waals surface area contributed by atoms with Gasteiger partial charge in [-0.15, -0.1) is 0 Å². The van der Waals surface area contributed by atoms with Gasteiger partial charge in [-0.1, -0.05) is 29.5 Å². The predicted molar refractivity (Wildman–Crippen MR) is 126 cm³/mol. The van der Waals surface area contributed by atoms with Crippen molar-refractivity contribution in [1.82, 2.24) is 4.90 Å². The highest BCUT2D eigenvalue weighted by Crippen LogP contribution is 2.16. The number of pyridine rings is 1. The molecule has 0 saturated carbocycles. The Kier molecular flexibility index (Phi) is 6.66. The van der Waals surface area contributed by atoms with Crippen LogP contribution in [0.25, 0.3) is 11.3 Å². The molecular formula is C26H18ClN3O4. The van der Waals surface area contributed by atoms with Crippen LogP contribution < -0.4 is 14.6 Å². The van der Waals surface area contributed by atoms with E-state index in [1.54, 1.807) is 58.2 Å². The van der Waals surface area contributed by atoms with E-state index in [2.05, 4.69) is 0 Å². The molecule has 7 nitrogen and oxygen atoms in total. The second-order valence-electron chi connectivity index (χ2n) is 7.37. The number of nitro benzene ring substituents is 1. The summed E-state index contributed by atoms with van der Waals surface area (Å²) in [5, 5.41) is 24.6. The molecule has 1 aromatic heterocycles. The van der Waals surface area contributed by atoms with Crippen molar-refractivity contribution in [1.29, 1.82) is 0 Å². The standard InChI is InChI=1S/C26H18ClN3O4/c27-23-5-1-21(2-6-23)25(31)17-28-13-9-19(10-14-28)20-11-15-29(16-12-20)18-26(32)22-3-7-24(8-4-22)30(33)34/h1-18H/b25-17+. The maximum atomic E-state index is 12.4. The molecule has 0 bridgehead atoms. The predicted octanol–water partition coefficient (Wildman–Crippen LogP) is 3.28. The molecule has 2 aromatic carbocycles. The molecule has 0 unspecified atom stereocenters. The Bertz CT molecular complexity index is 1420. The van der Waals surface area contributed by atoms with Crippen LogP contribution in [0.5, 0.6) is 0 Å². The zero-order valence-corrected chi connectivity index (χ0v) is 18.5. The molecule has 168 valence electrons. The minimum Gasteiger partial charge on any atom is -0.871 e. The second kappa shape index (κ2) is 9.97. The van der Waals surface area contributed by atoms with Crippen molar-refractivity contribution in [2.75, 3.05) is 0 Å². The summed E-state index contributed by atoms with van der Waals surface area (Å²) in [6.07, 6.45) is 13.7. The Labute approximate surface area is 200 Å². The van der Waals surface area contributed by atoms with E-state index in [4.69, 9.17) is 11.6 Å². The molecule has 8 heteroatoms. The monoisotopic (exact) mass is 471 g/mol. The average Bonchev–Trinajstić information content (AvgIpc) is 2.85. The molecule has 0 fully saturated rings. The fraction of sp³-hybridized carbons (Fsp3) is 0. The van der Waals surface area contributed by atoms with Crippen molar-refractivity contribution in [3.8, 4) is 0 Å². The van der Waals surface area contributed by atoms with Crippen LogP contribution in [0.1, 0.15) is 15.9 Å². The first kappa shape index (κ1) is 22.7. The van der Waals surface area contributed by atoms with Crippen LogP contribution in [0, 0.1) is 16.3 Å². The van der Waals surface area contributed by atoms with Crippen molar-refractivity contribution in [2.45, 2.75) is 0 Å². The lowest BCUT2D eigenvalue weighted by Gasteiger charge is -2.20. The van der Waals surface area contributed by atoms with E-state index in [1.165, 1.54) is 36.7 Å². The van der Waals surface area contributed by atoms with E-state index < -0.39 is 4.92 Å². The number of Topliss-reactive ketones (excluding diaryl/α,β-unsaturated/α-hetero) is 1. The Hall–Kier alpha value is -4.49. The van der Waals surface area contributed by atoms with Crippen LogP contribution in [0.4, 0.5) is 5.69 Å². The van der Waals surface area contributed by atoms with Crippen molar-refractivity contribution < 1.29 is 19.1 Å². The summed E-state index contributed by atoms with van der Waals surface area (Å²) >= 11 is 5.86. The number of carbonyl (C=O) groups is 1. The molecular weight excluding hydrogens is 454 g/mol. The molecule has 0 amide bonds.